The third-order valence-corrected chi connectivity index (χ3v) is 2.92. The van der Waals surface area contributed by atoms with Crippen LogP contribution in [0.5, 0.6) is 0 Å². The zero-order valence-corrected chi connectivity index (χ0v) is 11.5. The molecule has 5 heteroatoms. The fourth-order valence-electron chi connectivity index (χ4n) is 1.60. The average molecular weight is 266 g/mol. The zero-order valence-electron chi connectivity index (χ0n) is 10.6. The van der Waals surface area contributed by atoms with Crippen molar-refractivity contribution < 1.29 is 9.59 Å². The van der Waals surface area contributed by atoms with E-state index in [4.69, 9.17) is 0 Å². The lowest BCUT2D eigenvalue weighted by Gasteiger charge is -2.21. The number of benzene rings is 1. The molecule has 0 aromatic heterocycles. The van der Waals surface area contributed by atoms with Gasteiger partial charge in [-0.2, -0.15) is 0 Å². The largest absolute Gasteiger partial charge is 0.358 e. The summed E-state index contributed by atoms with van der Waals surface area (Å²) in [5, 5.41) is 2.52. The zero-order chi connectivity index (χ0) is 13.5. The SMILES string of the molecule is CCCN(CC(=O)NC)C(=O)c1ccccc1S. The van der Waals surface area contributed by atoms with Gasteiger partial charge in [0, 0.05) is 18.5 Å². The van der Waals surface area contributed by atoms with E-state index >= 15 is 0 Å². The Labute approximate surface area is 113 Å². The van der Waals surface area contributed by atoms with E-state index in [2.05, 4.69) is 17.9 Å². The second-order valence-corrected chi connectivity index (χ2v) is 4.40. The van der Waals surface area contributed by atoms with Gasteiger partial charge in [0.25, 0.3) is 5.91 Å². The molecule has 0 atom stereocenters. The Balaban J connectivity index is 2.89. The first-order valence-corrected chi connectivity index (χ1v) is 6.32. The Kier molecular flexibility index (Phi) is 5.71. The summed E-state index contributed by atoms with van der Waals surface area (Å²) >= 11 is 4.27. The number of likely N-dealkylation sites (N-methyl/N-ethyl adjacent to an activating group) is 1. The Morgan fingerprint density at radius 1 is 1.33 bits per heavy atom. The van der Waals surface area contributed by atoms with Crippen molar-refractivity contribution >= 4 is 24.4 Å². The van der Waals surface area contributed by atoms with Crippen LogP contribution in [0.15, 0.2) is 29.2 Å². The molecule has 0 saturated carbocycles. The van der Waals surface area contributed by atoms with Crippen LogP contribution in [0.1, 0.15) is 23.7 Å². The molecule has 0 bridgehead atoms. The third kappa shape index (κ3) is 3.77. The smallest absolute Gasteiger partial charge is 0.255 e. The highest BCUT2D eigenvalue weighted by atomic mass is 32.1. The highest BCUT2D eigenvalue weighted by Gasteiger charge is 2.18. The Bertz CT molecular complexity index is 435. The highest BCUT2D eigenvalue weighted by Crippen LogP contribution is 2.15. The van der Waals surface area contributed by atoms with Gasteiger partial charge in [-0.3, -0.25) is 9.59 Å². The van der Waals surface area contributed by atoms with Gasteiger partial charge in [-0.15, -0.1) is 12.6 Å². The van der Waals surface area contributed by atoms with E-state index in [1.54, 1.807) is 25.2 Å². The van der Waals surface area contributed by atoms with E-state index in [1.165, 1.54) is 4.90 Å². The minimum absolute atomic E-state index is 0.0747. The van der Waals surface area contributed by atoms with E-state index < -0.39 is 0 Å². The van der Waals surface area contributed by atoms with Crippen LogP contribution in [-0.2, 0) is 4.79 Å². The van der Waals surface area contributed by atoms with Gasteiger partial charge in [-0.05, 0) is 18.6 Å². The predicted molar refractivity (Wildman–Crippen MR) is 74.0 cm³/mol. The summed E-state index contributed by atoms with van der Waals surface area (Å²) in [5.41, 5.74) is 0.526. The van der Waals surface area contributed by atoms with Crippen molar-refractivity contribution in [1.29, 1.82) is 0 Å². The van der Waals surface area contributed by atoms with E-state index in [-0.39, 0.29) is 18.4 Å². The fourth-order valence-corrected chi connectivity index (χ4v) is 1.86. The summed E-state index contributed by atoms with van der Waals surface area (Å²) in [5.74, 6) is -0.334. The van der Waals surface area contributed by atoms with Crippen molar-refractivity contribution in [2.75, 3.05) is 20.1 Å². The second-order valence-electron chi connectivity index (χ2n) is 3.92. The Hall–Kier alpha value is -1.49. The summed E-state index contributed by atoms with van der Waals surface area (Å²) in [6.45, 7) is 2.59. The first-order valence-electron chi connectivity index (χ1n) is 5.88. The maximum Gasteiger partial charge on any atom is 0.255 e. The van der Waals surface area contributed by atoms with Crippen LogP contribution in [0.25, 0.3) is 0 Å². The summed E-state index contributed by atoms with van der Waals surface area (Å²) in [4.78, 5) is 25.9. The molecule has 0 unspecified atom stereocenters. The van der Waals surface area contributed by atoms with Crippen molar-refractivity contribution in [3.8, 4) is 0 Å². The van der Waals surface area contributed by atoms with Crippen molar-refractivity contribution in [3.63, 3.8) is 0 Å². The molecule has 1 aromatic carbocycles. The lowest BCUT2D eigenvalue weighted by Crippen LogP contribution is -2.40. The van der Waals surface area contributed by atoms with Crippen LogP contribution in [0.4, 0.5) is 0 Å². The highest BCUT2D eigenvalue weighted by molar-refractivity contribution is 7.80. The summed E-state index contributed by atoms with van der Waals surface area (Å²) < 4.78 is 0. The van der Waals surface area contributed by atoms with Gasteiger partial charge in [-0.1, -0.05) is 19.1 Å². The first kappa shape index (κ1) is 14.6. The van der Waals surface area contributed by atoms with Gasteiger partial charge in [0.2, 0.25) is 5.91 Å². The molecule has 0 aliphatic carbocycles. The summed E-state index contributed by atoms with van der Waals surface area (Å²) in [7, 11) is 1.56. The maximum atomic E-state index is 12.3. The molecule has 1 rings (SSSR count). The minimum atomic E-state index is -0.173. The molecular weight excluding hydrogens is 248 g/mol. The number of nitrogens with zero attached hydrogens (tertiary/aromatic N) is 1. The first-order chi connectivity index (χ1) is 8.60. The fraction of sp³-hybridized carbons (Fsp3) is 0.385. The number of thiol groups is 1. The molecular formula is C13H18N2O2S. The van der Waals surface area contributed by atoms with E-state index in [0.29, 0.717) is 17.0 Å². The van der Waals surface area contributed by atoms with Gasteiger partial charge in [-0.25, -0.2) is 0 Å². The van der Waals surface area contributed by atoms with Crippen LogP contribution in [0.2, 0.25) is 0 Å². The number of hydrogen-bond acceptors (Lipinski definition) is 3. The molecule has 0 aliphatic rings. The molecule has 0 spiro atoms. The Morgan fingerprint density at radius 3 is 2.56 bits per heavy atom. The van der Waals surface area contributed by atoms with E-state index in [9.17, 15) is 9.59 Å². The monoisotopic (exact) mass is 266 g/mol. The number of carbonyl (C=O) groups excluding carboxylic acids is 2. The molecule has 0 heterocycles. The number of hydrogen-bond donors (Lipinski definition) is 2. The van der Waals surface area contributed by atoms with Crippen molar-refractivity contribution in [2.24, 2.45) is 0 Å². The number of nitrogens with one attached hydrogen (secondary N) is 1. The lowest BCUT2D eigenvalue weighted by molar-refractivity contribution is -0.121. The van der Waals surface area contributed by atoms with Gasteiger partial charge >= 0.3 is 0 Å². The molecule has 0 radical (unpaired) electrons. The van der Waals surface area contributed by atoms with Crippen molar-refractivity contribution in [2.45, 2.75) is 18.2 Å². The minimum Gasteiger partial charge on any atom is -0.358 e. The van der Waals surface area contributed by atoms with Crippen LogP contribution >= 0.6 is 12.6 Å². The molecule has 0 aliphatic heterocycles. The van der Waals surface area contributed by atoms with Gasteiger partial charge in [0.15, 0.2) is 0 Å². The molecule has 0 fully saturated rings. The van der Waals surface area contributed by atoms with Gasteiger partial charge in [0.05, 0.1) is 12.1 Å². The summed E-state index contributed by atoms with van der Waals surface area (Å²) in [6, 6.07) is 7.09. The van der Waals surface area contributed by atoms with Crippen LogP contribution in [0.3, 0.4) is 0 Å². The van der Waals surface area contributed by atoms with Crippen LogP contribution in [-0.4, -0.2) is 36.9 Å². The number of rotatable bonds is 5. The molecule has 1 aromatic rings. The van der Waals surface area contributed by atoms with E-state index in [0.717, 1.165) is 6.42 Å². The molecule has 18 heavy (non-hydrogen) atoms. The van der Waals surface area contributed by atoms with E-state index in [1.807, 2.05) is 13.0 Å². The standard InChI is InChI=1S/C13H18N2O2S/c1-3-8-15(9-12(16)14-2)13(17)10-6-4-5-7-11(10)18/h4-7,18H,3,8-9H2,1-2H3,(H,14,16). The number of amides is 2. The molecule has 0 saturated heterocycles. The van der Waals surface area contributed by atoms with Gasteiger partial charge in [0.1, 0.15) is 0 Å². The van der Waals surface area contributed by atoms with Crippen molar-refractivity contribution in [1.82, 2.24) is 10.2 Å². The average Bonchev–Trinajstić information content (AvgIpc) is 2.38. The third-order valence-electron chi connectivity index (χ3n) is 2.53. The normalized spacial score (nSPS) is 9.94. The van der Waals surface area contributed by atoms with Crippen LogP contribution in [0, 0.1) is 0 Å². The topological polar surface area (TPSA) is 49.4 Å². The molecule has 98 valence electrons. The number of carbonyl (C=O) groups is 2. The summed E-state index contributed by atoms with van der Waals surface area (Å²) in [6.07, 6.45) is 0.803. The molecule has 1 N–H and O–H groups in total. The lowest BCUT2D eigenvalue weighted by atomic mass is 10.2. The maximum absolute atomic E-state index is 12.3. The predicted octanol–water partition coefficient (Wildman–Crippen LogP) is 1.57. The van der Waals surface area contributed by atoms with Crippen molar-refractivity contribution in [3.05, 3.63) is 29.8 Å². The Morgan fingerprint density at radius 2 is 2.00 bits per heavy atom. The molecule has 4 nitrogen and oxygen atoms in total. The second kappa shape index (κ2) is 7.06. The molecule has 2 amide bonds. The quantitative estimate of drug-likeness (QED) is 0.795. The van der Waals surface area contributed by atoms with Crippen LogP contribution < -0.4 is 5.32 Å². The van der Waals surface area contributed by atoms with Gasteiger partial charge < -0.3 is 10.2 Å².